The van der Waals surface area contributed by atoms with Crippen LogP contribution in [0.1, 0.15) is 26.7 Å². The summed E-state index contributed by atoms with van der Waals surface area (Å²) in [5, 5.41) is 14.4. The van der Waals surface area contributed by atoms with Gasteiger partial charge in [0.2, 0.25) is 5.91 Å². The lowest BCUT2D eigenvalue weighted by atomic mass is 10.1. The maximum atomic E-state index is 12.3. The molecule has 10 heteroatoms. The number of thioether (sulfide) groups is 1. The van der Waals surface area contributed by atoms with E-state index in [0.717, 1.165) is 35.2 Å². The molecule has 2 aromatic rings. The molecule has 152 valence electrons. The van der Waals surface area contributed by atoms with Gasteiger partial charge in [0.1, 0.15) is 0 Å². The fourth-order valence-electron chi connectivity index (χ4n) is 3.09. The molecular weight excluding hydrogens is 398 g/mol. The van der Waals surface area contributed by atoms with Crippen molar-refractivity contribution >= 4 is 35.1 Å². The molecule has 3 heterocycles. The fourth-order valence-corrected chi connectivity index (χ4v) is 4.62. The minimum absolute atomic E-state index is 0.0251. The maximum absolute atomic E-state index is 12.3. The van der Waals surface area contributed by atoms with Crippen molar-refractivity contribution < 1.29 is 14.3 Å². The van der Waals surface area contributed by atoms with Crippen molar-refractivity contribution in [1.82, 2.24) is 25.0 Å². The molecule has 2 aromatic heterocycles. The van der Waals surface area contributed by atoms with E-state index in [4.69, 9.17) is 4.74 Å². The molecule has 0 unspecified atom stereocenters. The van der Waals surface area contributed by atoms with E-state index in [1.165, 1.54) is 11.8 Å². The largest absolute Gasteiger partial charge is 0.450 e. The third kappa shape index (κ3) is 5.05. The number of hydrogen-bond donors (Lipinski definition) is 1. The van der Waals surface area contributed by atoms with Gasteiger partial charge in [0.05, 0.1) is 17.2 Å². The molecule has 0 bridgehead atoms. The predicted octanol–water partition coefficient (Wildman–Crippen LogP) is 2.86. The van der Waals surface area contributed by atoms with Crippen molar-refractivity contribution in [3.05, 3.63) is 17.5 Å². The first-order chi connectivity index (χ1) is 13.6. The normalized spacial score (nSPS) is 14.9. The van der Waals surface area contributed by atoms with E-state index in [1.807, 2.05) is 29.0 Å². The minimum atomic E-state index is -0.275. The Bertz CT molecular complexity index is 785. The monoisotopic (exact) mass is 423 g/mol. The Labute approximate surface area is 172 Å². The zero-order valence-corrected chi connectivity index (χ0v) is 17.7. The number of aromatic nitrogens is 3. The van der Waals surface area contributed by atoms with Gasteiger partial charge in [-0.1, -0.05) is 17.8 Å². The molecule has 3 rings (SSSR count). The lowest BCUT2D eigenvalue weighted by Gasteiger charge is -2.31. The van der Waals surface area contributed by atoms with Crippen molar-refractivity contribution in [1.29, 1.82) is 0 Å². The van der Waals surface area contributed by atoms with Gasteiger partial charge in [0.25, 0.3) is 0 Å². The second kappa shape index (κ2) is 9.92. The van der Waals surface area contributed by atoms with Crippen molar-refractivity contribution in [3.8, 4) is 10.7 Å². The Kier molecular flexibility index (Phi) is 7.32. The highest BCUT2D eigenvalue weighted by Gasteiger charge is 2.24. The van der Waals surface area contributed by atoms with Crippen molar-refractivity contribution in [3.63, 3.8) is 0 Å². The number of amides is 2. The van der Waals surface area contributed by atoms with E-state index in [-0.39, 0.29) is 18.0 Å². The van der Waals surface area contributed by atoms with Gasteiger partial charge in [-0.15, -0.1) is 21.5 Å². The Hall–Kier alpha value is -2.07. The third-order valence-corrected chi connectivity index (χ3v) is 6.33. The molecule has 0 atom stereocenters. The number of rotatable bonds is 7. The predicted molar refractivity (Wildman–Crippen MR) is 109 cm³/mol. The van der Waals surface area contributed by atoms with Gasteiger partial charge < -0.3 is 19.5 Å². The molecule has 0 aliphatic carbocycles. The van der Waals surface area contributed by atoms with Gasteiger partial charge in [0, 0.05) is 25.7 Å². The van der Waals surface area contributed by atoms with E-state index in [9.17, 15) is 9.59 Å². The van der Waals surface area contributed by atoms with Crippen molar-refractivity contribution in [2.75, 3.05) is 25.4 Å². The highest BCUT2D eigenvalue weighted by Crippen LogP contribution is 2.27. The molecule has 1 fully saturated rings. The number of nitrogens with zero attached hydrogens (tertiary/aromatic N) is 4. The second-order valence-corrected chi connectivity index (χ2v) is 8.23. The summed E-state index contributed by atoms with van der Waals surface area (Å²) < 4.78 is 7.05. The number of ether oxygens (including phenoxy) is 1. The summed E-state index contributed by atoms with van der Waals surface area (Å²) in [5.74, 6) is 1.11. The average Bonchev–Trinajstić information content (AvgIpc) is 3.36. The first kappa shape index (κ1) is 20.7. The molecule has 8 nitrogen and oxygen atoms in total. The number of carbonyl (C=O) groups is 2. The summed E-state index contributed by atoms with van der Waals surface area (Å²) in [4.78, 5) is 26.8. The van der Waals surface area contributed by atoms with Crippen LogP contribution in [0, 0.1) is 0 Å². The highest BCUT2D eigenvalue weighted by atomic mass is 32.2. The van der Waals surface area contributed by atoms with Crippen LogP contribution in [0.15, 0.2) is 22.7 Å². The Morgan fingerprint density at radius 1 is 1.32 bits per heavy atom. The third-order valence-electron chi connectivity index (χ3n) is 4.49. The van der Waals surface area contributed by atoms with E-state index >= 15 is 0 Å². The van der Waals surface area contributed by atoms with Gasteiger partial charge in [-0.25, -0.2) is 4.79 Å². The van der Waals surface area contributed by atoms with E-state index in [1.54, 1.807) is 23.2 Å². The van der Waals surface area contributed by atoms with E-state index < -0.39 is 0 Å². The minimum Gasteiger partial charge on any atom is -0.450 e. The van der Waals surface area contributed by atoms with Crippen LogP contribution in [0.3, 0.4) is 0 Å². The Morgan fingerprint density at radius 2 is 2.11 bits per heavy atom. The van der Waals surface area contributed by atoms with Gasteiger partial charge >= 0.3 is 6.09 Å². The summed E-state index contributed by atoms with van der Waals surface area (Å²) in [7, 11) is 0. The number of likely N-dealkylation sites (tertiary alicyclic amines) is 1. The molecule has 1 aliphatic heterocycles. The summed E-state index contributed by atoms with van der Waals surface area (Å²) in [6.45, 7) is 6.17. The van der Waals surface area contributed by atoms with Crippen LogP contribution in [-0.4, -0.2) is 63.2 Å². The molecule has 28 heavy (non-hydrogen) atoms. The van der Waals surface area contributed by atoms with E-state index in [0.29, 0.717) is 25.4 Å². The van der Waals surface area contributed by atoms with Gasteiger partial charge in [-0.05, 0) is 38.1 Å². The van der Waals surface area contributed by atoms with Crippen LogP contribution >= 0.6 is 23.1 Å². The Balaban J connectivity index is 1.47. The molecule has 1 N–H and O–H groups in total. The number of hydrogen-bond acceptors (Lipinski definition) is 7. The quantitative estimate of drug-likeness (QED) is 0.689. The summed E-state index contributed by atoms with van der Waals surface area (Å²) >= 11 is 3.02. The zero-order valence-electron chi connectivity index (χ0n) is 16.1. The zero-order chi connectivity index (χ0) is 19.9. The van der Waals surface area contributed by atoms with Crippen LogP contribution in [-0.2, 0) is 16.1 Å². The smallest absolute Gasteiger partial charge is 0.409 e. The molecule has 0 radical (unpaired) electrons. The maximum Gasteiger partial charge on any atom is 0.409 e. The lowest BCUT2D eigenvalue weighted by molar-refractivity contribution is -0.119. The molecule has 0 saturated carbocycles. The average molecular weight is 424 g/mol. The van der Waals surface area contributed by atoms with Crippen LogP contribution in [0.25, 0.3) is 10.7 Å². The molecular formula is C18H25N5O3S2. The van der Waals surface area contributed by atoms with Crippen molar-refractivity contribution in [2.45, 2.75) is 44.4 Å². The van der Waals surface area contributed by atoms with Crippen LogP contribution in [0.4, 0.5) is 4.79 Å². The fraction of sp³-hybridized carbons (Fsp3) is 0.556. The van der Waals surface area contributed by atoms with Crippen LogP contribution in [0.2, 0.25) is 0 Å². The van der Waals surface area contributed by atoms with Crippen LogP contribution < -0.4 is 5.32 Å². The van der Waals surface area contributed by atoms with Gasteiger partial charge in [0.15, 0.2) is 11.0 Å². The number of nitrogens with one attached hydrogen (secondary N) is 1. The summed E-state index contributed by atoms with van der Waals surface area (Å²) in [6.07, 6.45) is 1.20. The number of piperidine rings is 1. The molecule has 0 aromatic carbocycles. The Morgan fingerprint density at radius 3 is 2.75 bits per heavy atom. The van der Waals surface area contributed by atoms with Crippen molar-refractivity contribution in [2.24, 2.45) is 0 Å². The SMILES string of the molecule is CCOC(=O)N1CCC(NC(=O)CSc2nnc(-c3cccs3)n2CC)CC1. The molecule has 1 saturated heterocycles. The van der Waals surface area contributed by atoms with Gasteiger partial charge in [-0.3, -0.25) is 4.79 Å². The summed E-state index contributed by atoms with van der Waals surface area (Å²) in [5.41, 5.74) is 0. The van der Waals surface area contributed by atoms with Gasteiger partial charge in [-0.2, -0.15) is 0 Å². The van der Waals surface area contributed by atoms with E-state index in [2.05, 4.69) is 15.5 Å². The summed E-state index contributed by atoms with van der Waals surface area (Å²) in [6, 6.07) is 4.09. The molecule has 2 amide bonds. The number of carbonyl (C=O) groups excluding carboxylic acids is 2. The number of thiophene rings is 1. The first-order valence-corrected chi connectivity index (χ1v) is 11.3. The van der Waals surface area contributed by atoms with Crippen LogP contribution in [0.5, 0.6) is 0 Å². The topological polar surface area (TPSA) is 89.3 Å². The molecule has 1 aliphatic rings. The molecule has 0 spiro atoms. The first-order valence-electron chi connectivity index (χ1n) is 9.43. The standard InChI is InChI=1S/C18H25N5O3S2/c1-3-23-16(14-6-5-11-27-14)20-21-17(23)28-12-15(24)19-13-7-9-22(10-8-13)18(25)26-4-2/h5-6,11,13H,3-4,7-10,12H2,1-2H3,(H,19,24). The second-order valence-electron chi connectivity index (χ2n) is 6.34. The highest BCUT2D eigenvalue weighted by molar-refractivity contribution is 7.99. The lowest BCUT2D eigenvalue weighted by Crippen LogP contribution is -2.47.